The van der Waals surface area contributed by atoms with E-state index in [1.165, 1.54) is 6.42 Å². The Balaban J connectivity index is 2.12. The van der Waals surface area contributed by atoms with E-state index in [9.17, 15) is 10.2 Å². The Morgan fingerprint density at radius 2 is 1.69 bits per heavy atom. The number of ether oxygens (including phenoxy) is 1. The van der Waals surface area contributed by atoms with Gasteiger partial charge in [0.25, 0.3) is 0 Å². The molecule has 3 nitrogen and oxygen atoms in total. The third-order valence-electron chi connectivity index (χ3n) is 3.78. The molecule has 2 rings (SSSR count). The summed E-state index contributed by atoms with van der Waals surface area (Å²) in [4.78, 5) is 0. The number of aliphatic hydroxyl groups excluding tert-OH is 1. The van der Waals surface area contributed by atoms with Gasteiger partial charge in [0, 0.05) is 5.41 Å². The van der Waals surface area contributed by atoms with Crippen molar-refractivity contribution in [1.82, 2.24) is 0 Å². The molecule has 0 radical (unpaired) electrons. The summed E-state index contributed by atoms with van der Waals surface area (Å²) in [6.45, 7) is 0.925. The van der Waals surface area contributed by atoms with Gasteiger partial charge in [0.2, 0.25) is 0 Å². The van der Waals surface area contributed by atoms with Gasteiger partial charge in [-0.15, -0.1) is 0 Å². The van der Waals surface area contributed by atoms with Gasteiger partial charge in [-0.3, -0.25) is 0 Å². The smallest absolute Gasteiger partial charge is 0.119 e. The lowest BCUT2D eigenvalue weighted by atomic mass is 9.63. The molecule has 0 amide bonds. The zero-order valence-corrected chi connectivity index (χ0v) is 7.96. The molecule has 1 saturated carbocycles. The first-order valence-electron chi connectivity index (χ1n) is 5.13. The molecule has 2 fully saturated rings. The normalized spacial score (nSPS) is 30.9. The lowest BCUT2D eigenvalue weighted by Gasteiger charge is -2.52. The molecule has 0 bridgehead atoms. The molecule has 0 unspecified atom stereocenters. The van der Waals surface area contributed by atoms with Gasteiger partial charge >= 0.3 is 0 Å². The van der Waals surface area contributed by atoms with Crippen LogP contribution in [0.4, 0.5) is 0 Å². The highest BCUT2D eigenvalue weighted by Gasteiger charge is 2.54. The zero-order valence-electron chi connectivity index (χ0n) is 7.96. The highest BCUT2D eigenvalue weighted by Crippen LogP contribution is 2.47. The maximum Gasteiger partial charge on any atom is 0.119 e. The summed E-state index contributed by atoms with van der Waals surface area (Å²) in [5, 5.41) is 19.6. The van der Waals surface area contributed by atoms with Gasteiger partial charge in [-0.05, 0) is 12.8 Å². The number of hydrogen-bond acceptors (Lipinski definition) is 3. The van der Waals surface area contributed by atoms with E-state index in [1.54, 1.807) is 0 Å². The Hall–Kier alpha value is -0.120. The first-order valence-corrected chi connectivity index (χ1v) is 5.13. The van der Waals surface area contributed by atoms with Gasteiger partial charge in [0.05, 0.1) is 19.8 Å². The maximum absolute atomic E-state index is 10.2. The van der Waals surface area contributed by atoms with E-state index in [0.717, 1.165) is 25.7 Å². The van der Waals surface area contributed by atoms with E-state index >= 15 is 0 Å². The average molecular weight is 186 g/mol. The van der Waals surface area contributed by atoms with Gasteiger partial charge in [-0.1, -0.05) is 19.3 Å². The molecule has 13 heavy (non-hydrogen) atoms. The third kappa shape index (κ3) is 1.30. The average Bonchev–Trinajstić information content (AvgIpc) is 2.15. The van der Waals surface area contributed by atoms with Crippen molar-refractivity contribution in [2.75, 3.05) is 19.8 Å². The van der Waals surface area contributed by atoms with Crippen LogP contribution in [0.25, 0.3) is 0 Å². The first-order chi connectivity index (χ1) is 6.22. The predicted octanol–water partition coefficient (Wildman–Crippen LogP) is 0.690. The summed E-state index contributed by atoms with van der Waals surface area (Å²) in [5.74, 6) is 0. The first kappa shape index (κ1) is 9.44. The van der Waals surface area contributed by atoms with Gasteiger partial charge in [-0.2, -0.15) is 0 Å². The molecule has 76 valence electrons. The van der Waals surface area contributed by atoms with Crippen LogP contribution in [0.3, 0.4) is 0 Å². The van der Waals surface area contributed by atoms with Crippen LogP contribution < -0.4 is 0 Å². The van der Waals surface area contributed by atoms with E-state index in [-0.39, 0.29) is 12.0 Å². The molecule has 0 spiro atoms. The number of rotatable bonds is 2. The summed E-state index contributed by atoms with van der Waals surface area (Å²) in [7, 11) is 0. The van der Waals surface area contributed by atoms with Crippen LogP contribution in [-0.4, -0.2) is 35.6 Å². The van der Waals surface area contributed by atoms with Crippen molar-refractivity contribution in [3.05, 3.63) is 0 Å². The van der Waals surface area contributed by atoms with Gasteiger partial charge < -0.3 is 14.9 Å². The fraction of sp³-hybridized carbons (Fsp3) is 1.00. The van der Waals surface area contributed by atoms with Crippen molar-refractivity contribution < 1.29 is 14.9 Å². The molecule has 1 saturated heterocycles. The summed E-state index contributed by atoms with van der Waals surface area (Å²) >= 11 is 0. The minimum Gasteiger partial charge on any atom is -0.396 e. The largest absolute Gasteiger partial charge is 0.396 e. The van der Waals surface area contributed by atoms with Crippen LogP contribution in [0.15, 0.2) is 0 Å². The van der Waals surface area contributed by atoms with Crippen LogP contribution in [0.5, 0.6) is 0 Å². The molecule has 2 aliphatic rings. The Bertz CT molecular complexity index is 181. The minimum absolute atomic E-state index is 0.104. The quantitative estimate of drug-likeness (QED) is 0.667. The molecule has 0 aromatic heterocycles. The standard InChI is InChI=1S/C10H18O3/c11-6-9(4-2-1-3-5-9)10(12)7-13-8-10/h11-12H,1-8H2. The van der Waals surface area contributed by atoms with E-state index < -0.39 is 5.60 Å². The Kier molecular flexibility index (Phi) is 2.34. The zero-order chi connectivity index (χ0) is 9.36. The summed E-state index contributed by atoms with van der Waals surface area (Å²) < 4.78 is 5.06. The van der Waals surface area contributed by atoms with Crippen molar-refractivity contribution in [2.24, 2.45) is 5.41 Å². The second kappa shape index (κ2) is 3.23. The second-order valence-electron chi connectivity index (χ2n) is 4.52. The molecule has 0 aromatic rings. The van der Waals surface area contributed by atoms with Crippen LogP contribution in [-0.2, 0) is 4.74 Å². The minimum atomic E-state index is -0.734. The summed E-state index contributed by atoms with van der Waals surface area (Å²) in [6.07, 6.45) is 5.39. The van der Waals surface area contributed by atoms with Gasteiger partial charge in [0.15, 0.2) is 0 Å². The summed E-state index contributed by atoms with van der Waals surface area (Å²) in [6, 6.07) is 0. The molecule has 3 heteroatoms. The molecule has 2 N–H and O–H groups in total. The molecule has 1 aliphatic heterocycles. The molecule has 0 atom stereocenters. The molecular formula is C10H18O3. The van der Waals surface area contributed by atoms with E-state index in [2.05, 4.69) is 0 Å². The number of hydrogen-bond donors (Lipinski definition) is 2. The van der Waals surface area contributed by atoms with Crippen molar-refractivity contribution >= 4 is 0 Å². The predicted molar refractivity (Wildman–Crippen MR) is 48.4 cm³/mol. The van der Waals surface area contributed by atoms with E-state index in [4.69, 9.17) is 4.74 Å². The third-order valence-corrected chi connectivity index (χ3v) is 3.78. The Morgan fingerprint density at radius 3 is 2.08 bits per heavy atom. The van der Waals surface area contributed by atoms with Crippen molar-refractivity contribution in [2.45, 2.75) is 37.7 Å². The van der Waals surface area contributed by atoms with E-state index in [0.29, 0.717) is 13.2 Å². The van der Waals surface area contributed by atoms with Crippen molar-refractivity contribution in [3.63, 3.8) is 0 Å². The maximum atomic E-state index is 10.2. The van der Waals surface area contributed by atoms with E-state index in [1.807, 2.05) is 0 Å². The van der Waals surface area contributed by atoms with Crippen LogP contribution in [0.1, 0.15) is 32.1 Å². The highest BCUT2D eigenvalue weighted by atomic mass is 16.5. The van der Waals surface area contributed by atoms with Gasteiger partial charge in [-0.25, -0.2) is 0 Å². The molecule has 0 aromatic carbocycles. The van der Waals surface area contributed by atoms with Crippen LogP contribution in [0, 0.1) is 5.41 Å². The van der Waals surface area contributed by atoms with Crippen molar-refractivity contribution in [3.8, 4) is 0 Å². The fourth-order valence-corrected chi connectivity index (χ4v) is 2.60. The van der Waals surface area contributed by atoms with Gasteiger partial charge in [0.1, 0.15) is 5.60 Å². The lowest BCUT2D eigenvalue weighted by molar-refractivity contribution is -0.257. The molecule has 1 heterocycles. The Labute approximate surface area is 78.7 Å². The molecule has 1 aliphatic carbocycles. The monoisotopic (exact) mass is 186 g/mol. The highest BCUT2D eigenvalue weighted by molar-refractivity contribution is 5.03. The fourth-order valence-electron chi connectivity index (χ4n) is 2.60. The summed E-state index contributed by atoms with van der Waals surface area (Å²) in [5.41, 5.74) is -0.994. The Morgan fingerprint density at radius 1 is 1.08 bits per heavy atom. The topological polar surface area (TPSA) is 49.7 Å². The molecular weight excluding hydrogens is 168 g/mol. The lowest BCUT2D eigenvalue weighted by Crippen LogP contribution is -2.63. The van der Waals surface area contributed by atoms with Crippen molar-refractivity contribution in [1.29, 1.82) is 0 Å². The second-order valence-corrected chi connectivity index (χ2v) is 4.52. The van der Waals surface area contributed by atoms with Crippen LogP contribution >= 0.6 is 0 Å². The number of aliphatic hydroxyl groups is 2. The van der Waals surface area contributed by atoms with Crippen LogP contribution in [0.2, 0.25) is 0 Å². The SMILES string of the molecule is OCC1(C2(O)COC2)CCCCC1.